The molecule has 1 fully saturated rings. The van der Waals surface area contributed by atoms with Crippen LogP contribution in [0, 0.1) is 0 Å². The van der Waals surface area contributed by atoms with Gasteiger partial charge in [0.05, 0.1) is 30.4 Å². The molecule has 0 radical (unpaired) electrons. The van der Waals surface area contributed by atoms with Crippen molar-refractivity contribution in [2.75, 3.05) is 13.2 Å². The molecule has 3 aromatic carbocycles. The molecule has 0 spiro atoms. The lowest BCUT2D eigenvalue weighted by Crippen LogP contribution is -2.29. The van der Waals surface area contributed by atoms with Crippen LogP contribution >= 0.6 is 0 Å². The van der Waals surface area contributed by atoms with Crippen LogP contribution in [0.15, 0.2) is 78.4 Å². The van der Waals surface area contributed by atoms with Crippen LogP contribution in [0.3, 0.4) is 0 Å². The zero-order valence-electron chi connectivity index (χ0n) is 22.6. The maximum absolute atomic E-state index is 13.3. The van der Waals surface area contributed by atoms with Crippen molar-refractivity contribution in [2.45, 2.75) is 45.7 Å². The van der Waals surface area contributed by atoms with Crippen LogP contribution in [-0.4, -0.2) is 46.0 Å². The van der Waals surface area contributed by atoms with Crippen molar-refractivity contribution in [1.29, 1.82) is 0 Å². The molecule has 2 N–H and O–H groups in total. The van der Waals surface area contributed by atoms with E-state index >= 15 is 0 Å². The summed E-state index contributed by atoms with van der Waals surface area (Å²) in [5.41, 5.74) is 1.94. The Bertz CT molecular complexity index is 1380. The fraction of sp³-hybridized carbons (Fsp3) is 0.281. The highest BCUT2D eigenvalue weighted by Crippen LogP contribution is 2.40. The van der Waals surface area contributed by atoms with Crippen molar-refractivity contribution < 1.29 is 34.1 Å². The number of hydrogen-bond donors (Lipinski definition) is 2. The quantitative estimate of drug-likeness (QED) is 0.104. The van der Waals surface area contributed by atoms with E-state index in [9.17, 15) is 24.6 Å². The Labute approximate surface area is 233 Å². The van der Waals surface area contributed by atoms with Crippen LogP contribution < -0.4 is 4.74 Å². The molecule has 3 aromatic rings. The normalized spacial score (nSPS) is 16.2. The molecule has 40 heavy (non-hydrogen) atoms. The van der Waals surface area contributed by atoms with E-state index in [1.807, 2.05) is 0 Å². The molecule has 4 rings (SSSR count). The van der Waals surface area contributed by atoms with Crippen LogP contribution in [0.1, 0.15) is 66.2 Å². The van der Waals surface area contributed by atoms with Gasteiger partial charge in [0.15, 0.2) is 0 Å². The highest BCUT2D eigenvalue weighted by Gasteiger charge is 2.46. The number of phenolic OH excluding ortho intramolecular Hbond substituents is 1. The zero-order valence-corrected chi connectivity index (χ0v) is 22.6. The number of rotatable bonds is 11. The highest BCUT2D eigenvalue weighted by molar-refractivity contribution is 6.46. The second-order valence-corrected chi connectivity index (χ2v) is 9.52. The number of carbonyl (C=O) groups is 3. The van der Waals surface area contributed by atoms with Crippen molar-refractivity contribution in [3.8, 4) is 11.5 Å². The number of ketones is 1. The molecule has 1 saturated heterocycles. The highest BCUT2D eigenvalue weighted by atomic mass is 16.5. The van der Waals surface area contributed by atoms with Gasteiger partial charge in [-0.1, -0.05) is 44.0 Å². The minimum absolute atomic E-state index is 0.0322. The molecular formula is C32H33NO7. The van der Waals surface area contributed by atoms with Crippen molar-refractivity contribution in [2.24, 2.45) is 0 Å². The lowest BCUT2D eigenvalue weighted by atomic mass is 9.95. The molecule has 1 unspecified atom stereocenters. The van der Waals surface area contributed by atoms with Crippen LogP contribution in [-0.2, 0) is 20.9 Å². The third kappa shape index (κ3) is 6.34. The van der Waals surface area contributed by atoms with Gasteiger partial charge in [-0.15, -0.1) is 0 Å². The second kappa shape index (κ2) is 13.0. The molecule has 1 aliphatic rings. The molecule has 8 heteroatoms. The average molecular weight is 544 g/mol. The standard InChI is InChI=1S/C32H33NO7/c1-3-5-6-19-40-26-17-13-23(14-18-26)29(35)27-28(22-11-15-25(34)16-12-22)33(31(37)30(27)36)20-21-7-9-24(10-8-21)32(38)39-4-2/h7-18,28,34-35H,3-6,19-20H2,1-2H3/b29-27+. The summed E-state index contributed by atoms with van der Waals surface area (Å²) >= 11 is 0. The Kier molecular flexibility index (Phi) is 9.22. The third-order valence-electron chi connectivity index (χ3n) is 6.71. The Balaban J connectivity index is 1.66. The number of Topliss-reactive ketones (excluding diaryl/α,β-unsaturated/α-hetero) is 1. The first-order chi connectivity index (χ1) is 19.3. The lowest BCUT2D eigenvalue weighted by molar-refractivity contribution is -0.140. The van der Waals surface area contributed by atoms with E-state index in [1.54, 1.807) is 67.6 Å². The number of aromatic hydroxyl groups is 1. The van der Waals surface area contributed by atoms with E-state index in [-0.39, 0.29) is 30.2 Å². The Morgan fingerprint density at radius 1 is 0.875 bits per heavy atom. The Hall–Kier alpha value is -4.59. The molecule has 1 amide bonds. The zero-order chi connectivity index (χ0) is 28.6. The fourth-order valence-electron chi connectivity index (χ4n) is 4.61. The summed E-state index contributed by atoms with van der Waals surface area (Å²) in [7, 11) is 0. The average Bonchev–Trinajstić information content (AvgIpc) is 3.21. The summed E-state index contributed by atoms with van der Waals surface area (Å²) in [5.74, 6) is -1.63. The van der Waals surface area contributed by atoms with E-state index in [1.165, 1.54) is 17.0 Å². The topological polar surface area (TPSA) is 113 Å². The van der Waals surface area contributed by atoms with Crippen molar-refractivity contribution in [3.05, 3.63) is 101 Å². The molecule has 8 nitrogen and oxygen atoms in total. The van der Waals surface area contributed by atoms with Crippen molar-refractivity contribution >= 4 is 23.4 Å². The summed E-state index contributed by atoms with van der Waals surface area (Å²) < 4.78 is 10.8. The summed E-state index contributed by atoms with van der Waals surface area (Å²) in [4.78, 5) is 40.0. The lowest BCUT2D eigenvalue weighted by Gasteiger charge is -2.25. The van der Waals surface area contributed by atoms with Gasteiger partial charge in [-0.2, -0.15) is 0 Å². The van der Waals surface area contributed by atoms with Gasteiger partial charge in [-0.3, -0.25) is 9.59 Å². The maximum Gasteiger partial charge on any atom is 0.338 e. The molecule has 0 aromatic heterocycles. The molecule has 1 aliphatic heterocycles. The number of amides is 1. The van der Waals surface area contributed by atoms with Crippen molar-refractivity contribution in [1.82, 2.24) is 4.90 Å². The van der Waals surface area contributed by atoms with Gasteiger partial charge >= 0.3 is 5.97 Å². The Morgan fingerprint density at radius 2 is 1.52 bits per heavy atom. The number of esters is 1. The number of nitrogens with zero attached hydrogens (tertiary/aromatic N) is 1. The van der Waals surface area contributed by atoms with Crippen molar-refractivity contribution in [3.63, 3.8) is 0 Å². The van der Waals surface area contributed by atoms with Crippen LogP contribution in [0.5, 0.6) is 11.5 Å². The number of phenols is 1. The Morgan fingerprint density at radius 3 is 2.15 bits per heavy atom. The van der Waals surface area contributed by atoms with Gasteiger partial charge in [0.25, 0.3) is 11.7 Å². The fourth-order valence-corrected chi connectivity index (χ4v) is 4.61. The summed E-state index contributed by atoms with van der Waals surface area (Å²) in [6.45, 7) is 4.75. The third-order valence-corrected chi connectivity index (χ3v) is 6.71. The first-order valence-electron chi connectivity index (χ1n) is 13.4. The number of likely N-dealkylation sites (tertiary alicyclic amines) is 1. The van der Waals surface area contributed by atoms with Gasteiger partial charge < -0.3 is 24.6 Å². The number of aliphatic hydroxyl groups is 1. The molecule has 0 bridgehead atoms. The number of hydrogen-bond acceptors (Lipinski definition) is 7. The predicted molar refractivity (Wildman–Crippen MR) is 150 cm³/mol. The number of unbranched alkanes of at least 4 members (excludes halogenated alkanes) is 2. The van der Waals surface area contributed by atoms with E-state index < -0.39 is 23.7 Å². The van der Waals surface area contributed by atoms with Crippen LogP contribution in [0.4, 0.5) is 0 Å². The molecule has 1 atom stereocenters. The summed E-state index contributed by atoms with van der Waals surface area (Å²) in [6, 6.07) is 18.6. The number of benzene rings is 3. The van der Waals surface area contributed by atoms with Crippen LogP contribution in [0.25, 0.3) is 5.76 Å². The largest absolute Gasteiger partial charge is 0.508 e. The van der Waals surface area contributed by atoms with E-state index in [4.69, 9.17) is 9.47 Å². The molecule has 1 heterocycles. The first-order valence-corrected chi connectivity index (χ1v) is 13.4. The van der Waals surface area contributed by atoms with Gasteiger partial charge in [-0.25, -0.2) is 4.79 Å². The smallest absolute Gasteiger partial charge is 0.338 e. The maximum atomic E-state index is 13.3. The number of aliphatic hydroxyl groups excluding tert-OH is 1. The first kappa shape index (κ1) is 28.4. The molecule has 0 saturated carbocycles. The molecular weight excluding hydrogens is 510 g/mol. The summed E-state index contributed by atoms with van der Waals surface area (Å²) in [5, 5.41) is 21.1. The van der Waals surface area contributed by atoms with Gasteiger partial charge in [0, 0.05) is 12.1 Å². The predicted octanol–water partition coefficient (Wildman–Crippen LogP) is 5.76. The molecule has 208 valence electrons. The van der Waals surface area contributed by atoms with Crippen LogP contribution in [0.2, 0.25) is 0 Å². The SMILES string of the molecule is CCCCCOc1ccc(/C(O)=C2\C(=O)C(=O)N(Cc3ccc(C(=O)OCC)cc3)C2c2ccc(O)cc2)cc1. The van der Waals surface area contributed by atoms with E-state index in [2.05, 4.69) is 6.92 Å². The second-order valence-electron chi connectivity index (χ2n) is 9.52. The number of ether oxygens (including phenoxy) is 2. The van der Waals surface area contributed by atoms with Gasteiger partial charge in [0.1, 0.15) is 17.3 Å². The minimum atomic E-state index is -0.893. The summed E-state index contributed by atoms with van der Waals surface area (Å²) in [6.07, 6.45) is 3.11. The van der Waals surface area contributed by atoms with E-state index in [0.717, 1.165) is 19.3 Å². The number of carbonyl (C=O) groups excluding carboxylic acids is 3. The minimum Gasteiger partial charge on any atom is -0.508 e. The molecule has 0 aliphatic carbocycles. The monoisotopic (exact) mass is 543 g/mol. The van der Waals surface area contributed by atoms with Gasteiger partial charge in [-0.05, 0) is 73.0 Å². The van der Waals surface area contributed by atoms with Gasteiger partial charge in [0.2, 0.25) is 0 Å². The van der Waals surface area contributed by atoms with E-state index in [0.29, 0.717) is 34.6 Å².